The predicted octanol–water partition coefficient (Wildman–Crippen LogP) is 2.12. The van der Waals surface area contributed by atoms with Crippen LogP contribution in [0.5, 0.6) is 11.5 Å². The van der Waals surface area contributed by atoms with Crippen LogP contribution in [-0.4, -0.2) is 95.8 Å². The second kappa shape index (κ2) is 12.5. The summed E-state index contributed by atoms with van der Waals surface area (Å²) >= 11 is 0. The molecular weight excluding hydrogens is 454 g/mol. The van der Waals surface area contributed by atoms with E-state index in [1.54, 1.807) is 18.9 Å². The van der Waals surface area contributed by atoms with Crippen molar-refractivity contribution in [3.63, 3.8) is 0 Å². The Balaban J connectivity index is 1.86. The van der Waals surface area contributed by atoms with Crippen LogP contribution in [0.2, 0.25) is 0 Å². The Kier molecular flexibility index (Phi) is 9.73. The number of carboxylic acids is 1. The highest BCUT2D eigenvalue weighted by Gasteiger charge is 2.47. The monoisotopic (exact) mass is 493 g/mol. The van der Waals surface area contributed by atoms with Crippen molar-refractivity contribution in [1.29, 1.82) is 0 Å². The third-order valence-corrected chi connectivity index (χ3v) is 6.77. The summed E-state index contributed by atoms with van der Waals surface area (Å²) in [4.78, 5) is 35.1. The number of carboxylic acid groups (broad SMARTS) is 1. The number of rotatable bonds is 13. The normalized spacial score (nSPS) is 22.5. The molecule has 2 heterocycles. The van der Waals surface area contributed by atoms with Gasteiger partial charge in [-0.25, -0.2) is 5.06 Å². The molecule has 1 aromatic rings. The van der Waals surface area contributed by atoms with E-state index in [9.17, 15) is 19.8 Å². The lowest BCUT2D eigenvalue weighted by atomic mass is 9.84. The standard InChI is InChI=1S/C25H39N3O7/c1-5-10-28(35-12-6-2)23(30)15-27-14-19(18-7-8-21-22(13-18)34-16-33-21)24(25(31)32)20(27)9-11-26(4)17(3)29/h7-8,13,17,19-20,24,29H,5-6,9-12,14-16H2,1-4H3,(H,31,32)/t17?,19-,20+,24-/m1/s1. The first-order chi connectivity index (χ1) is 16.8. The van der Waals surface area contributed by atoms with Gasteiger partial charge in [-0.05, 0) is 50.9 Å². The molecule has 1 fully saturated rings. The second-order valence-electron chi connectivity index (χ2n) is 9.31. The molecular formula is C25H39N3O7. The highest BCUT2D eigenvalue weighted by molar-refractivity contribution is 5.78. The molecule has 1 saturated heterocycles. The van der Waals surface area contributed by atoms with Crippen LogP contribution in [0.4, 0.5) is 0 Å². The van der Waals surface area contributed by atoms with Gasteiger partial charge in [-0.1, -0.05) is 19.9 Å². The van der Waals surface area contributed by atoms with Crippen LogP contribution >= 0.6 is 0 Å². The van der Waals surface area contributed by atoms with E-state index in [1.165, 1.54) is 5.06 Å². The molecule has 1 amide bonds. The fraction of sp³-hybridized carbons (Fsp3) is 0.680. The summed E-state index contributed by atoms with van der Waals surface area (Å²) in [6.45, 7) is 7.70. The average Bonchev–Trinajstić information content (AvgIpc) is 3.43. The maximum absolute atomic E-state index is 13.2. The fourth-order valence-electron chi connectivity index (χ4n) is 4.78. The molecule has 1 unspecified atom stereocenters. The van der Waals surface area contributed by atoms with E-state index in [2.05, 4.69) is 0 Å². The number of aliphatic hydroxyl groups is 1. The number of hydroxylamine groups is 2. The topological polar surface area (TPSA) is 112 Å². The molecule has 2 N–H and O–H groups in total. The third-order valence-electron chi connectivity index (χ3n) is 6.77. The van der Waals surface area contributed by atoms with Gasteiger partial charge in [0, 0.05) is 31.6 Å². The summed E-state index contributed by atoms with van der Waals surface area (Å²) < 4.78 is 10.9. The maximum Gasteiger partial charge on any atom is 0.308 e. The Bertz CT molecular complexity index is 865. The van der Waals surface area contributed by atoms with E-state index < -0.39 is 18.1 Å². The van der Waals surface area contributed by atoms with Crippen LogP contribution in [-0.2, 0) is 14.4 Å². The zero-order chi connectivity index (χ0) is 25.5. The van der Waals surface area contributed by atoms with Gasteiger partial charge in [0.2, 0.25) is 6.79 Å². The average molecular weight is 494 g/mol. The minimum Gasteiger partial charge on any atom is -0.481 e. The number of nitrogens with zero attached hydrogens (tertiary/aromatic N) is 3. The highest BCUT2D eigenvalue weighted by Crippen LogP contribution is 2.42. The Morgan fingerprint density at radius 2 is 1.94 bits per heavy atom. The Morgan fingerprint density at radius 1 is 1.20 bits per heavy atom. The van der Waals surface area contributed by atoms with Crippen molar-refractivity contribution in [2.75, 3.05) is 46.6 Å². The Hall–Kier alpha value is -2.40. The van der Waals surface area contributed by atoms with Crippen molar-refractivity contribution in [2.24, 2.45) is 5.92 Å². The molecule has 10 heteroatoms. The van der Waals surface area contributed by atoms with Crippen LogP contribution in [0, 0.1) is 5.92 Å². The number of ether oxygens (including phenoxy) is 2. The summed E-state index contributed by atoms with van der Waals surface area (Å²) in [5.74, 6) is -0.878. The van der Waals surface area contributed by atoms with E-state index >= 15 is 0 Å². The molecule has 0 spiro atoms. The fourth-order valence-corrected chi connectivity index (χ4v) is 4.78. The smallest absolute Gasteiger partial charge is 0.308 e. The van der Waals surface area contributed by atoms with E-state index in [0.29, 0.717) is 44.2 Å². The first-order valence-electron chi connectivity index (χ1n) is 12.4. The summed E-state index contributed by atoms with van der Waals surface area (Å²) in [6, 6.07) is 5.15. The van der Waals surface area contributed by atoms with Crippen LogP contribution < -0.4 is 9.47 Å². The van der Waals surface area contributed by atoms with Gasteiger partial charge in [-0.3, -0.25) is 24.2 Å². The van der Waals surface area contributed by atoms with Gasteiger partial charge in [-0.15, -0.1) is 0 Å². The number of likely N-dealkylation sites (tertiary alicyclic amines) is 1. The number of hydrogen-bond acceptors (Lipinski definition) is 8. The number of amides is 1. The first-order valence-corrected chi connectivity index (χ1v) is 12.4. The minimum absolute atomic E-state index is 0.0671. The highest BCUT2D eigenvalue weighted by atomic mass is 16.7. The van der Waals surface area contributed by atoms with Crippen LogP contribution in [0.1, 0.15) is 51.5 Å². The molecule has 4 atom stereocenters. The van der Waals surface area contributed by atoms with Crippen LogP contribution in [0.15, 0.2) is 18.2 Å². The quantitative estimate of drug-likeness (QED) is 0.315. The van der Waals surface area contributed by atoms with Crippen molar-refractivity contribution < 1.29 is 34.1 Å². The first kappa shape index (κ1) is 27.2. The van der Waals surface area contributed by atoms with Gasteiger partial charge < -0.3 is 19.7 Å². The Labute approximate surface area is 207 Å². The van der Waals surface area contributed by atoms with Crippen LogP contribution in [0.3, 0.4) is 0 Å². The largest absolute Gasteiger partial charge is 0.481 e. The van der Waals surface area contributed by atoms with Crippen molar-refractivity contribution in [3.05, 3.63) is 23.8 Å². The van der Waals surface area contributed by atoms with Crippen molar-refractivity contribution in [2.45, 2.75) is 58.2 Å². The zero-order valence-corrected chi connectivity index (χ0v) is 21.2. The molecule has 35 heavy (non-hydrogen) atoms. The molecule has 3 rings (SSSR count). The number of carbonyl (C=O) groups excluding carboxylic acids is 1. The SMILES string of the molecule is CCCON(CCC)C(=O)CN1C[C@H](c2ccc3c(c2)OCO3)[C@@H](C(=O)O)[C@@H]1CCN(C)C(C)O. The van der Waals surface area contributed by atoms with Gasteiger partial charge in [0.1, 0.15) is 6.23 Å². The van der Waals surface area contributed by atoms with Gasteiger partial charge in [0.15, 0.2) is 11.5 Å². The lowest BCUT2D eigenvalue weighted by Crippen LogP contribution is -2.45. The third kappa shape index (κ3) is 6.63. The molecule has 0 saturated carbocycles. The predicted molar refractivity (Wildman–Crippen MR) is 129 cm³/mol. The molecule has 10 nitrogen and oxygen atoms in total. The van der Waals surface area contributed by atoms with E-state index in [0.717, 1.165) is 18.4 Å². The lowest BCUT2D eigenvalue weighted by molar-refractivity contribution is -0.188. The maximum atomic E-state index is 13.2. The van der Waals surface area contributed by atoms with Crippen molar-refractivity contribution in [3.8, 4) is 11.5 Å². The molecule has 196 valence electrons. The summed E-state index contributed by atoms with van der Waals surface area (Å²) in [5.41, 5.74) is 0.845. The van der Waals surface area contributed by atoms with E-state index in [1.807, 2.05) is 36.9 Å². The second-order valence-corrected chi connectivity index (χ2v) is 9.31. The molecule has 2 aliphatic heterocycles. The molecule has 0 aliphatic carbocycles. The van der Waals surface area contributed by atoms with E-state index in [4.69, 9.17) is 14.3 Å². The van der Waals surface area contributed by atoms with Gasteiger partial charge in [0.05, 0.1) is 19.1 Å². The zero-order valence-electron chi connectivity index (χ0n) is 21.2. The summed E-state index contributed by atoms with van der Waals surface area (Å²) in [7, 11) is 1.79. The number of carbonyl (C=O) groups is 2. The van der Waals surface area contributed by atoms with Gasteiger partial charge in [0.25, 0.3) is 5.91 Å². The lowest BCUT2D eigenvalue weighted by Gasteiger charge is -2.30. The Morgan fingerprint density at radius 3 is 2.60 bits per heavy atom. The molecule has 2 aliphatic rings. The van der Waals surface area contributed by atoms with Crippen LogP contribution in [0.25, 0.3) is 0 Å². The number of fused-ring (bicyclic) bond motifs is 1. The molecule has 1 aromatic carbocycles. The van der Waals surface area contributed by atoms with Crippen molar-refractivity contribution in [1.82, 2.24) is 14.9 Å². The number of aliphatic carboxylic acids is 1. The number of hydrogen-bond donors (Lipinski definition) is 2. The number of benzene rings is 1. The molecule has 0 bridgehead atoms. The van der Waals surface area contributed by atoms with Gasteiger partial charge >= 0.3 is 5.97 Å². The molecule has 0 radical (unpaired) electrons. The summed E-state index contributed by atoms with van der Waals surface area (Å²) in [6.07, 6.45) is 1.40. The van der Waals surface area contributed by atoms with Crippen molar-refractivity contribution >= 4 is 11.9 Å². The summed E-state index contributed by atoms with van der Waals surface area (Å²) in [5, 5.41) is 21.6. The number of aliphatic hydroxyl groups excluding tert-OH is 1. The minimum atomic E-state index is -0.903. The van der Waals surface area contributed by atoms with E-state index in [-0.39, 0.29) is 31.2 Å². The molecule has 0 aromatic heterocycles. The van der Waals surface area contributed by atoms with Gasteiger partial charge in [-0.2, -0.15) is 0 Å².